The van der Waals surface area contributed by atoms with Crippen molar-refractivity contribution in [1.82, 2.24) is 10.5 Å². The van der Waals surface area contributed by atoms with E-state index in [1.807, 2.05) is 6.92 Å². The molecule has 3 rings (SSSR count). The Morgan fingerprint density at radius 2 is 2.26 bits per heavy atom. The number of carbonyl (C=O) groups is 1. The number of benzene rings is 1. The van der Waals surface area contributed by atoms with Gasteiger partial charge < -0.3 is 14.6 Å². The maximum Gasteiger partial charge on any atom is 0.225 e. The highest BCUT2D eigenvalue weighted by atomic mass is 19.1. The lowest BCUT2D eigenvalue weighted by Crippen LogP contribution is -2.30. The molecular formula is C17H19FN2O3. The van der Waals surface area contributed by atoms with E-state index in [1.165, 1.54) is 6.07 Å². The van der Waals surface area contributed by atoms with Gasteiger partial charge in [-0.25, -0.2) is 4.39 Å². The molecule has 5 nitrogen and oxygen atoms in total. The number of para-hydroxylation sites is 1. The second-order valence-corrected chi connectivity index (χ2v) is 5.75. The van der Waals surface area contributed by atoms with Crippen molar-refractivity contribution in [3.05, 3.63) is 46.6 Å². The minimum atomic E-state index is -0.394. The summed E-state index contributed by atoms with van der Waals surface area (Å²) in [5.41, 5.74) is 2.20. The monoisotopic (exact) mass is 318 g/mol. The van der Waals surface area contributed by atoms with Crippen LogP contribution in [-0.4, -0.2) is 17.7 Å². The molecule has 0 radical (unpaired) electrons. The van der Waals surface area contributed by atoms with E-state index in [1.54, 1.807) is 19.1 Å². The fourth-order valence-corrected chi connectivity index (χ4v) is 2.88. The van der Waals surface area contributed by atoms with Gasteiger partial charge in [-0.3, -0.25) is 4.79 Å². The topological polar surface area (TPSA) is 64.4 Å². The first-order chi connectivity index (χ1) is 11.1. The maximum absolute atomic E-state index is 13.9. The van der Waals surface area contributed by atoms with Gasteiger partial charge in [0.15, 0.2) is 11.6 Å². The fourth-order valence-electron chi connectivity index (χ4n) is 2.88. The van der Waals surface area contributed by atoms with Crippen molar-refractivity contribution in [2.24, 2.45) is 0 Å². The van der Waals surface area contributed by atoms with Gasteiger partial charge in [0.05, 0.1) is 24.8 Å². The van der Waals surface area contributed by atoms with Gasteiger partial charge in [0, 0.05) is 11.1 Å². The highest BCUT2D eigenvalue weighted by Gasteiger charge is 2.24. The van der Waals surface area contributed by atoms with E-state index in [0.29, 0.717) is 30.0 Å². The Balaban J connectivity index is 1.78. The molecule has 1 atom stereocenters. The van der Waals surface area contributed by atoms with Crippen LogP contribution in [-0.2, 0) is 11.2 Å². The largest absolute Gasteiger partial charge is 0.490 e. The van der Waals surface area contributed by atoms with Crippen LogP contribution in [0.3, 0.4) is 0 Å². The normalized spacial score (nSPS) is 17.1. The predicted octanol–water partition coefficient (Wildman–Crippen LogP) is 3.00. The smallest absolute Gasteiger partial charge is 0.225 e. The summed E-state index contributed by atoms with van der Waals surface area (Å²) in [6, 6.07) is 4.55. The summed E-state index contributed by atoms with van der Waals surface area (Å²) in [5.74, 6) is 0.358. The Kier molecular flexibility index (Phi) is 4.32. The lowest BCUT2D eigenvalue weighted by Gasteiger charge is -2.18. The first-order valence-corrected chi connectivity index (χ1v) is 7.68. The van der Waals surface area contributed by atoms with Crippen molar-refractivity contribution in [3.8, 4) is 5.75 Å². The number of rotatable bonds is 3. The number of fused-ring (bicyclic) bond motifs is 1. The third kappa shape index (κ3) is 3.21. The lowest BCUT2D eigenvalue weighted by atomic mass is 10.0. The van der Waals surface area contributed by atoms with Crippen LogP contribution in [0.5, 0.6) is 5.75 Å². The van der Waals surface area contributed by atoms with E-state index in [0.717, 1.165) is 12.0 Å². The number of nitrogens with one attached hydrogen (secondary N) is 1. The molecule has 0 saturated carbocycles. The van der Waals surface area contributed by atoms with Crippen molar-refractivity contribution in [1.29, 1.82) is 0 Å². The summed E-state index contributed by atoms with van der Waals surface area (Å²) in [4.78, 5) is 12.4. The molecule has 0 spiro atoms. The van der Waals surface area contributed by atoms with Crippen molar-refractivity contribution >= 4 is 5.91 Å². The molecule has 0 bridgehead atoms. The SMILES string of the molecule is Cc1noc(C)c1CC(=O)N[C@@H]1CCCOc2c(F)cccc21. The molecule has 6 heteroatoms. The first-order valence-electron chi connectivity index (χ1n) is 7.68. The zero-order valence-corrected chi connectivity index (χ0v) is 13.2. The number of hydrogen-bond donors (Lipinski definition) is 1. The van der Waals surface area contributed by atoms with Crippen LogP contribution in [0, 0.1) is 19.7 Å². The van der Waals surface area contributed by atoms with E-state index in [9.17, 15) is 9.18 Å². The van der Waals surface area contributed by atoms with E-state index in [4.69, 9.17) is 9.26 Å². The zero-order valence-electron chi connectivity index (χ0n) is 13.2. The number of halogens is 1. The lowest BCUT2D eigenvalue weighted by molar-refractivity contribution is -0.121. The summed E-state index contributed by atoms with van der Waals surface area (Å²) in [7, 11) is 0. The molecular weight excluding hydrogens is 299 g/mol. The van der Waals surface area contributed by atoms with Gasteiger partial charge in [0.2, 0.25) is 5.91 Å². The summed E-state index contributed by atoms with van der Waals surface area (Å²) in [6.45, 7) is 4.04. The second-order valence-electron chi connectivity index (χ2n) is 5.75. The molecule has 0 unspecified atom stereocenters. The van der Waals surface area contributed by atoms with Crippen LogP contribution in [0.25, 0.3) is 0 Å². The van der Waals surface area contributed by atoms with Crippen LogP contribution in [0.15, 0.2) is 22.7 Å². The average Bonchev–Trinajstić information content (AvgIpc) is 2.73. The standard InChI is InChI=1S/C17H19FN2O3/c1-10-13(11(2)23-20-10)9-16(21)19-15-7-4-8-22-17-12(15)5-3-6-14(17)18/h3,5-6,15H,4,7-9H2,1-2H3,(H,19,21)/t15-/m1/s1. The van der Waals surface area contributed by atoms with Gasteiger partial charge >= 0.3 is 0 Å². The first kappa shape index (κ1) is 15.5. The Hall–Kier alpha value is -2.37. The van der Waals surface area contributed by atoms with Crippen molar-refractivity contribution in [2.45, 2.75) is 39.2 Å². The molecule has 2 aromatic rings. The van der Waals surface area contributed by atoms with Crippen LogP contribution < -0.4 is 10.1 Å². The number of amides is 1. The minimum absolute atomic E-state index is 0.137. The highest BCUT2D eigenvalue weighted by Crippen LogP contribution is 2.33. The number of ether oxygens (including phenoxy) is 1. The minimum Gasteiger partial charge on any atom is -0.490 e. The molecule has 1 aliphatic rings. The van der Waals surface area contributed by atoms with Gasteiger partial charge in [0.1, 0.15) is 5.76 Å². The second kappa shape index (κ2) is 6.40. The van der Waals surface area contributed by atoms with E-state index in [-0.39, 0.29) is 24.1 Å². The number of hydrogen-bond acceptors (Lipinski definition) is 4. The molecule has 0 fully saturated rings. The summed E-state index contributed by atoms with van der Waals surface area (Å²) < 4.78 is 24.5. The van der Waals surface area contributed by atoms with Crippen molar-refractivity contribution in [2.75, 3.05) is 6.61 Å². The van der Waals surface area contributed by atoms with Crippen LogP contribution in [0.1, 0.15) is 41.5 Å². The summed E-state index contributed by atoms with van der Waals surface area (Å²) >= 11 is 0. The molecule has 122 valence electrons. The average molecular weight is 318 g/mol. The molecule has 1 aromatic heterocycles. The Labute approximate surface area is 133 Å². The van der Waals surface area contributed by atoms with E-state index < -0.39 is 5.82 Å². The molecule has 1 aromatic carbocycles. The van der Waals surface area contributed by atoms with Gasteiger partial charge in [-0.05, 0) is 32.8 Å². The quantitative estimate of drug-likeness (QED) is 0.945. The molecule has 2 heterocycles. The zero-order chi connectivity index (χ0) is 16.4. The number of carbonyl (C=O) groups excluding carboxylic acids is 1. The van der Waals surface area contributed by atoms with Crippen LogP contribution >= 0.6 is 0 Å². The Morgan fingerprint density at radius 1 is 1.43 bits per heavy atom. The molecule has 0 aliphatic carbocycles. The third-order valence-electron chi connectivity index (χ3n) is 4.11. The molecule has 1 N–H and O–H groups in total. The van der Waals surface area contributed by atoms with Gasteiger partial charge in [-0.15, -0.1) is 0 Å². The van der Waals surface area contributed by atoms with Gasteiger partial charge in [-0.2, -0.15) is 0 Å². The van der Waals surface area contributed by atoms with Crippen LogP contribution in [0.2, 0.25) is 0 Å². The molecule has 23 heavy (non-hydrogen) atoms. The summed E-state index contributed by atoms with van der Waals surface area (Å²) in [5, 5.41) is 6.83. The third-order valence-corrected chi connectivity index (χ3v) is 4.11. The molecule has 1 amide bonds. The van der Waals surface area contributed by atoms with Crippen LogP contribution in [0.4, 0.5) is 4.39 Å². The van der Waals surface area contributed by atoms with Gasteiger partial charge in [0.25, 0.3) is 0 Å². The number of aryl methyl sites for hydroxylation is 2. The van der Waals surface area contributed by atoms with Gasteiger partial charge in [-0.1, -0.05) is 17.3 Å². The van der Waals surface area contributed by atoms with Crippen molar-refractivity contribution < 1.29 is 18.4 Å². The predicted molar refractivity (Wildman–Crippen MR) is 81.7 cm³/mol. The maximum atomic E-state index is 13.9. The Bertz CT molecular complexity index is 707. The van der Waals surface area contributed by atoms with Crippen molar-refractivity contribution in [3.63, 3.8) is 0 Å². The molecule has 1 aliphatic heterocycles. The number of nitrogens with zero attached hydrogens (tertiary/aromatic N) is 1. The Morgan fingerprint density at radius 3 is 3.00 bits per heavy atom. The van der Waals surface area contributed by atoms with E-state index in [2.05, 4.69) is 10.5 Å². The number of aromatic nitrogens is 1. The fraction of sp³-hybridized carbons (Fsp3) is 0.412. The molecule has 0 saturated heterocycles. The summed E-state index contributed by atoms with van der Waals surface area (Å²) in [6.07, 6.45) is 1.66. The highest BCUT2D eigenvalue weighted by molar-refractivity contribution is 5.79. The van der Waals surface area contributed by atoms with E-state index >= 15 is 0 Å².